The van der Waals surface area contributed by atoms with Crippen LogP contribution in [0.2, 0.25) is 0 Å². The van der Waals surface area contributed by atoms with Crippen LogP contribution in [-0.2, 0) is 47.5 Å². The Morgan fingerprint density at radius 2 is 1.38 bits per heavy atom. The first-order valence-corrected chi connectivity index (χ1v) is 47.9. The van der Waals surface area contributed by atoms with E-state index in [2.05, 4.69) is 50.3 Å². The number of methoxy groups -OCH3 is 1. The number of halogens is 1. The Labute approximate surface area is 805 Å². The number of allylic oxidation sites excluding steroid dienone is 2. The van der Waals surface area contributed by atoms with Crippen LogP contribution in [0.3, 0.4) is 0 Å². The van der Waals surface area contributed by atoms with Crippen molar-refractivity contribution in [1.82, 2.24) is 30.7 Å². The third-order valence-electron chi connectivity index (χ3n) is 27.6. The number of hydrogen-bond acceptors (Lipinski definition) is 39. The van der Waals surface area contributed by atoms with Gasteiger partial charge in [0.15, 0.2) is 18.3 Å². The fourth-order valence-electron chi connectivity index (χ4n) is 18.8. The number of ether oxygens (including phenoxy) is 8. The Morgan fingerprint density at radius 1 is 0.755 bits per heavy atom. The number of aliphatic hydroxyl groups excluding tert-OH is 12. The van der Waals surface area contributed by atoms with E-state index in [0.29, 0.717) is 48.7 Å². The van der Waals surface area contributed by atoms with Gasteiger partial charge in [-0.05, 0) is 83.0 Å². The van der Waals surface area contributed by atoms with Crippen molar-refractivity contribution in [2.24, 2.45) is 62.5 Å². The number of fused-ring (bicyclic) bond motifs is 2. The molecule has 778 valence electrons. The molecule has 0 radical (unpaired) electrons. The monoisotopic (exact) mass is 1970 g/mol. The summed E-state index contributed by atoms with van der Waals surface area (Å²) in [6.07, 6.45) is -9.58. The fraction of sp³-hybridized carbons (Fsp3) is 0.684. The molecule has 0 unspecified atom stereocenters. The van der Waals surface area contributed by atoms with Gasteiger partial charge in [0.1, 0.15) is 113 Å². The lowest BCUT2D eigenvalue weighted by atomic mass is 9.78. The molecule has 3 aromatic carbocycles. The van der Waals surface area contributed by atoms with Gasteiger partial charge in [0.05, 0.1) is 84.3 Å². The van der Waals surface area contributed by atoms with Crippen molar-refractivity contribution in [3.05, 3.63) is 97.9 Å². The Balaban J connectivity index is 0.000000217. The molecule has 4 saturated heterocycles. The summed E-state index contributed by atoms with van der Waals surface area (Å²) < 4.78 is 62.9. The highest BCUT2D eigenvalue weighted by atomic mass is 19.1. The second-order valence-corrected chi connectivity index (χ2v) is 38.2. The van der Waals surface area contributed by atoms with Gasteiger partial charge in [-0.2, -0.15) is 0 Å². The lowest BCUT2D eigenvalue weighted by Crippen LogP contribution is -2.69. The van der Waals surface area contributed by atoms with Crippen molar-refractivity contribution in [3.63, 3.8) is 0 Å². The summed E-state index contributed by atoms with van der Waals surface area (Å²) >= 11 is 0. The number of Topliss-reactive ketones (excluding diaryl/α,β-unsaturated/α-hetero) is 1. The van der Waals surface area contributed by atoms with Crippen LogP contribution in [0.15, 0.2) is 69.2 Å². The van der Waals surface area contributed by atoms with Gasteiger partial charge in [0.25, 0.3) is 11.7 Å². The largest absolute Gasteiger partial charge is 0.507 e. The number of aromatic hydroxyl groups is 2. The molecule has 44 heteroatoms. The van der Waals surface area contributed by atoms with Crippen molar-refractivity contribution in [2.75, 3.05) is 109 Å². The first kappa shape index (κ1) is 112. The normalized spacial score (nSPS) is 32.6. The van der Waals surface area contributed by atoms with Crippen molar-refractivity contribution in [2.45, 2.75) is 286 Å². The number of carbonyl (C=O) groups excluding carboxylic acids is 4. The minimum absolute atomic E-state index is 0.0101. The molecule has 1 spiro atoms. The molecule has 4 aromatic rings. The van der Waals surface area contributed by atoms with Crippen LogP contribution in [-0.4, -0.2) is 360 Å². The molecule has 13 rings (SSSR count). The first-order valence-electron chi connectivity index (χ1n) is 47.9. The van der Waals surface area contributed by atoms with E-state index in [1.165, 1.54) is 39.5 Å². The molecule has 28 N–H and O–H groups in total. The Kier molecular flexibility index (Phi) is 40.1. The molecule has 9 aliphatic rings. The number of piperazine rings is 1. The Morgan fingerprint density at radius 3 is 1.96 bits per heavy atom. The molecule has 8 heterocycles. The predicted octanol–water partition coefficient (Wildman–Crippen LogP) is -2.38. The molecule has 43 nitrogen and oxygen atoms in total. The van der Waals surface area contributed by atoms with Gasteiger partial charge in [0.2, 0.25) is 11.3 Å². The second-order valence-electron chi connectivity index (χ2n) is 38.2. The number of hydrogen-bond donors (Lipinski definition) is 24. The molecule has 7 aliphatic heterocycles. The van der Waals surface area contributed by atoms with Gasteiger partial charge in [-0.3, -0.25) is 29.0 Å². The molecule has 27 atom stereocenters. The number of aromatic nitrogens is 1. The number of aromatic carboxylic acids is 1. The third-order valence-corrected chi connectivity index (χ3v) is 27.6. The number of nitrogens with zero attached hydrogens (tertiary/aromatic N) is 5. The average Bonchev–Trinajstić information content (AvgIpc) is 1.54. The number of ketones is 1. The van der Waals surface area contributed by atoms with Crippen LogP contribution in [0.4, 0.5) is 15.8 Å². The highest BCUT2D eigenvalue weighted by Gasteiger charge is 2.55. The van der Waals surface area contributed by atoms with Crippen LogP contribution in [0.1, 0.15) is 160 Å². The number of carboxylic acid groups (broad SMARTS) is 1. The lowest BCUT2D eigenvalue weighted by Gasteiger charge is -2.49. The van der Waals surface area contributed by atoms with Crippen molar-refractivity contribution in [3.8, 4) is 17.2 Å². The van der Waals surface area contributed by atoms with E-state index >= 15 is 0 Å². The van der Waals surface area contributed by atoms with Crippen molar-refractivity contribution < 1.29 is 143 Å². The number of pyridine rings is 1. The van der Waals surface area contributed by atoms with Crippen LogP contribution < -0.4 is 75.3 Å². The molecule has 1 aromatic heterocycles. The Bertz CT molecular complexity index is 5130. The zero-order valence-corrected chi connectivity index (χ0v) is 81.2. The maximum Gasteiger partial charge on any atom is 0.341 e. The number of phenols is 2. The van der Waals surface area contributed by atoms with Gasteiger partial charge in [-0.25, -0.2) is 14.2 Å². The SMILES string of the molecule is CC[C@@H](CO)NCCN[C@@H](CC)CO.CO[C@H]1/C=C/O[C@@]2(C)Oc3c(C)c(O)c4c(O)c(c5c(c4c3C2=O)NC2(CCN(CC(C)C)CC2)N=5)=NC(=O)/C(C)=C\C=C\[C@H](C)[C@H](O)[C@@H](C)[C@@H](O)[C@@H](C)[C@H](OC(C)=O)[C@@H]1C.NCC[C@H](O)C(=O)N[C@@H]1C[C@H](N)[C@@H](O[C@H]2O[C@H](CN)[C@@H](O)[C@H](O)[C@H]2O)[C@H](O)[C@H]1O[C@H]1O[C@H](CO)[C@@H](O)[C@H](N)[C@H]1O.O=C(O)c1cn(C2CC2)c2cc(N3CCNCC3)c(F)cc2c1=O. The number of piperidine rings is 1. The summed E-state index contributed by atoms with van der Waals surface area (Å²) in [5.41, 5.74) is 23.1. The quantitative estimate of drug-likeness (QED) is 0.0177. The highest BCUT2D eigenvalue weighted by molar-refractivity contribution is 6.22. The summed E-state index contributed by atoms with van der Waals surface area (Å²) in [7, 11) is 1.47. The number of phenolic OH excluding ortho intramolecular Hbond substituents is 2. The standard InChI is InChI=1S/C46H62N4O11.C22H43N5O13.C17H18FN3O3.C10H24N2O2/c1-22(2)21-50-18-16-46(17-19-50)48-34-31-32-39(54)28(8)42-33(31)43(56)45(10,61-42)59-20-15-30(58-11)25(5)41(60-29(9)51)27(7)38(53)26(6)37(52)23(3)13-12-14-24(4)44(57)47-36(40(32)55)35(34)49-46;23-2-1-8(29)20(36)27-7-3-6(25)18(39-22-16(34)15(33)13(31)9(4-24)37-22)17(35)19(7)40-21-14(32)11(26)12(30)10(5-28)38-21;18-13-7-11-14(8-15(13)20-5-3-19-4-6-20)21(10-1-2-10)9-12(16(11)22)17(23)24;1-3-9(7-13)11-5-6-12-10(4-2)8-14/h12-15,20,22-23,25-27,30,37-38,41,48,52-55H,16-19,21H2,1-11H3;6-19,21-22,28-35H,1-5,23-26H2,(H,27,36);7-10,19H,1-6H2,(H,23,24);9-14H,3-8H2,1-2H3/b13-12+,20-15+,24-14-,47-36?;;;/t23-,25+,26+,27+,30-,37-,38+,41+,45-;6-,7+,8-,9+,10+,11-,12+,13+,14+,15-,16+,17-,18+,19-,21+,22+;;9-,10-/m00.0/s1. The van der Waals surface area contributed by atoms with Crippen LogP contribution in [0, 0.1) is 42.3 Å². The van der Waals surface area contributed by atoms with Crippen LogP contribution in [0.5, 0.6) is 17.2 Å². The molecule has 2 saturated carbocycles. The number of rotatable bonds is 26. The van der Waals surface area contributed by atoms with Crippen LogP contribution in [0.25, 0.3) is 21.7 Å². The number of amides is 2. The minimum Gasteiger partial charge on any atom is -0.507 e. The lowest BCUT2D eigenvalue weighted by molar-refractivity contribution is -0.332. The number of carbonyl (C=O) groups is 5. The summed E-state index contributed by atoms with van der Waals surface area (Å²) in [6.45, 7) is 27.7. The summed E-state index contributed by atoms with van der Waals surface area (Å²) in [4.78, 5) is 91.2. The van der Waals surface area contributed by atoms with E-state index in [1.54, 1.807) is 71.9 Å². The summed E-state index contributed by atoms with van der Waals surface area (Å²) in [6, 6.07) is 0.0237. The van der Waals surface area contributed by atoms with Crippen molar-refractivity contribution >= 4 is 62.6 Å². The average molecular weight is 1970 g/mol. The summed E-state index contributed by atoms with van der Waals surface area (Å²) in [5.74, 6) is -9.17. The van der Waals surface area contributed by atoms with E-state index in [9.17, 15) is 99.5 Å². The van der Waals surface area contributed by atoms with Gasteiger partial charge in [0, 0.05) is 175 Å². The predicted molar refractivity (Wildman–Crippen MR) is 506 cm³/mol. The Hall–Kier alpha value is -8.57. The molecule has 2 aliphatic carbocycles. The van der Waals surface area contributed by atoms with E-state index < -0.39 is 211 Å². The number of carboxylic acids is 1. The number of anilines is 2. The second kappa shape index (κ2) is 49.6. The number of aliphatic hydroxyl groups is 12. The molecule has 6 fully saturated rings. The molecule has 139 heavy (non-hydrogen) atoms. The van der Waals surface area contributed by atoms with Gasteiger partial charge in [-0.15, -0.1) is 0 Å². The summed E-state index contributed by atoms with van der Waals surface area (Å²) in [5, 5.41) is 172. The van der Waals surface area contributed by atoms with E-state index in [4.69, 9.17) is 76.0 Å². The number of benzene rings is 3. The van der Waals surface area contributed by atoms with Crippen molar-refractivity contribution in [1.29, 1.82) is 0 Å². The van der Waals surface area contributed by atoms with Gasteiger partial charge >= 0.3 is 17.7 Å². The van der Waals surface area contributed by atoms with Crippen LogP contribution >= 0.6 is 0 Å². The zero-order chi connectivity index (χ0) is 102. The highest BCUT2D eigenvalue weighted by Crippen LogP contribution is 2.52. The number of likely N-dealkylation sites (tertiary alicyclic amines) is 1. The smallest absolute Gasteiger partial charge is 0.341 e. The fourth-order valence-corrected chi connectivity index (χ4v) is 18.8. The van der Waals surface area contributed by atoms with Gasteiger partial charge < -0.3 is 178 Å². The maximum atomic E-state index is 14.7. The molecular weight excluding hydrogens is 1820 g/mol. The van der Waals surface area contributed by atoms with E-state index in [1.807, 2.05) is 23.3 Å². The first-order chi connectivity index (χ1) is 65.8. The van der Waals surface area contributed by atoms with E-state index in [-0.39, 0.29) is 118 Å². The van der Waals surface area contributed by atoms with E-state index in [0.717, 1.165) is 71.5 Å². The number of nitrogens with one attached hydrogen (secondary N) is 5. The maximum absolute atomic E-state index is 14.7. The number of nitrogens with two attached hydrogens (primary N) is 4. The molecule has 4 bridgehead atoms. The third kappa shape index (κ3) is 26.0. The topological polar surface area (TPSA) is 680 Å². The van der Waals surface area contributed by atoms with Gasteiger partial charge in [-0.1, -0.05) is 73.6 Å². The zero-order valence-electron chi connectivity index (χ0n) is 81.2. The minimum atomic E-state index is -1.95. The molecule has 2 amide bonds. The number of esters is 1. The molecular formula is C95H147FN14O29.